The number of hydrogen-bond acceptors (Lipinski definition) is 1. The van der Waals surface area contributed by atoms with Gasteiger partial charge in [0.25, 0.3) is 0 Å². The summed E-state index contributed by atoms with van der Waals surface area (Å²) in [5, 5.41) is 0. The van der Waals surface area contributed by atoms with Gasteiger partial charge in [0, 0.05) is 0 Å². The highest BCUT2D eigenvalue weighted by Gasteiger charge is 2.31. The van der Waals surface area contributed by atoms with Crippen molar-refractivity contribution in [3.8, 4) is 5.75 Å². The molecule has 0 radical (unpaired) electrons. The molecule has 0 saturated heterocycles. The zero-order chi connectivity index (χ0) is 16.0. The summed E-state index contributed by atoms with van der Waals surface area (Å²) in [5.74, 6) is 0.458. The average Bonchev–Trinajstić information content (AvgIpc) is 2.38. The third kappa shape index (κ3) is 5.10. The molecule has 2 unspecified atom stereocenters. The van der Waals surface area contributed by atoms with Crippen LogP contribution in [0.3, 0.4) is 0 Å². The molecule has 4 heteroatoms. The van der Waals surface area contributed by atoms with Crippen LogP contribution < -0.4 is 4.74 Å². The van der Waals surface area contributed by atoms with Gasteiger partial charge in [-0.2, -0.15) is 0 Å². The van der Waals surface area contributed by atoms with E-state index in [1.807, 2.05) is 13.0 Å². The monoisotopic (exact) mass is 300 g/mol. The van der Waals surface area contributed by atoms with Gasteiger partial charge >= 0.3 is 6.36 Å². The molecule has 118 valence electrons. The van der Waals surface area contributed by atoms with E-state index in [0.29, 0.717) is 5.92 Å². The van der Waals surface area contributed by atoms with Crippen LogP contribution in [0.1, 0.15) is 50.2 Å². The molecule has 21 heavy (non-hydrogen) atoms. The fraction of sp³-hybridized carbons (Fsp3) is 0.529. The second-order valence-electron chi connectivity index (χ2n) is 5.27. The van der Waals surface area contributed by atoms with Crippen LogP contribution in [0.4, 0.5) is 13.2 Å². The van der Waals surface area contributed by atoms with Gasteiger partial charge in [0.2, 0.25) is 0 Å². The normalized spacial score (nSPS) is 14.6. The molecule has 0 heterocycles. The zero-order valence-electron chi connectivity index (χ0n) is 12.8. The van der Waals surface area contributed by atoms with Crippen LogP contribution in [0, 0.1) is 12.8 Å². The molecule has 0 aliphatic carbocycles. The summed E-state index contributed by atoms with van der Waals surface area (Å²) in [6.45, 7) is 9.94. The molecular weight excluding hydrogens is 277 g/mol. The van der Waals surface area contributed by atoms with E-state index in [9.17, 15) is 13.2 Å². The number of rotatable bonds is 7. The number of halogens is 3. The van der Waals surface area contributed by atoms with E-state index >= 15 is 0 Å². The molecule has 0 saturated carbocycles. The Kier molecular flexibility index (Phi) is 6.31. The summed E-state index contributed by atoms with van der Waals surface area (Å²) >= 11 is 0. The van der Waals surface area contributed by atoms with Gasteiger partial charge in [-0.25, -0.2) is 0 Å². The Morgan fingerprint density at radius 1 is 1.29 bits per heavy atom. The maximum atomic E-state index is 12.2. The molecule has 0 spiro atoms. The molecule has 1 rings (SSSR count). The Morgan fingerprint density at radius 2 is 1.95 bits per heavy atom. The predicted molar refractivity (Wildman–Crippen MR) is 79.5 cm³/mol. The van der Waals surface area contributed by atoms with E-state index in [1.54, 1.807) is 6.07 Å². The van der Waals surface area contributed by atoms with Gasteiger partial charge < -0.3 is 4.74 Å². The standard InChI is InChI=1S/C17H23F3O/c1-5-8-13(6-2)15(7-3)16-10-9-14(11-12(16)4)21-17(18,19)20/h6,9-11,13,15H,2,5,7-8H2,1,3-4H3. The molecule has 1 nitrogen and oxygen atoms in total. The van der Waals surface area contributed by atoms with Crippen molar-refractivity contribution in [2.75, 3.05) is 0 Å². The summed E-state index contributed by atoms with van der Waals surface area (Å²) in [4.78, 5) is 0. The molecule has 0 aliphatic heterocycles. The van der Waals surface area contributed by atoms with E-state index in [2.05, 4.69) is 25.2 Å². The first-order chi connectivity index (χ1) is 9.82. The van der Waals surface area contributed by atoms with Crippen molar-refractivity contribution in [2.24, 2.45) is 5.92 Å². The van der Waals surface area contributed by atoms with Crippen LogP contribution in [0.5, 0.6) is 5.75 Å². The van der Waals surface area contributed by atoms with E-state index in [1.165, 1.54) is 12.1 Å². The van der Waals surface area contributed by atoms with Gasteiger partial charge in [0.05, 0.1) is 0 Å². The largest absolute Gasteiger partial charge is 0.573 e. The molecule has 0 N–H and O–H groups in total. The summed E-state index contributed by atoms with van der Waals surface area (Å²) in [6, 6.07) is 4.60. The fourth-order valence-electron chi connectivity index (χ4n) is 2.83. The molecule has 0 bridgehead atoms. The minimum absolute atomic E-state index is 0.163. The van der Waals surface area contributed by atoms with Crippen molar-refractivity contribution in [1.29, 1.82) is 0 Å². The number of alkyl halides is 3. The number of hydrogen-bond donors (Lipinski definition) is 0. The minimum Gasteiger partial charge on any atom is -0.406 e. The Bertz CT molecular complexity index is 466. The van der Waals surface area contributed by atoms with Crippen LogP contribution in [0.15, 0.2) is 30.9 Å². The number of benzene rings is 1. The first-order valence-corrected chi connectivity index (χ1v) is 7.31. The summed E-state index contributed by atoms with van der Waals surface area (Å²) in [7, 11) is 0. The maximum Gasteiger partial charge on any atom is 0.573 e. The molecule has 2 atom stereocenters. The lowest BCUT2D eigenvalue weighted by molar-refractivity contribution is -0.274. The highest BCUT2D eigenvalue weighted by atomic mass is 19.4. The Labute approximate surface area is 124 Å². The molecule has 0 amide bonds. The number of allylic oxidation sites excluding steroid dienone is 1. The molecule has 0 fully saturated rings. The van der Waals surface area contributed by atoms with Crippen LogP contribution in [-0.2, 0) is 0 Å². The lowest BCUT2D eigenvalue weighted by atomic mass is 9.80. The van der Waals surface area contributed by atoms with Crippen LogP contribution >= 0.6 is 0 Å². The minimum atomic E-state index is -4.65. The van der Waals surface area contributed by atoms with E-state index in [0.717, 1.165) is 30.4 Å². The van der Waals surface area contributed by atoms with Gasteiger partial charge in [0.15, 0.2) is 0 Å². The predicted octanol–water partition coefficient (Wildman–Crippen LogP) is 5.99. The van der Waals surface area contributed by atoms with Gasteiger partial charge in [-0.3, -0.25) is 0 Å². The van der Waals surface area contributed by atoms with Gasteiger partial charge in [-0.05, 0) is 54.9 Å². The maximum absolute atomic E-state index is 12.2. The summed E-state index contributed by atoms with van der Waals surface area (Å²) in [6.07, 6.45) is 0.321. The lowest BCUT2D eigenvalue weighted by Gasteiger charge is -2.25. The Morgan fingerprint density at radius 3 is 2.38 bits per heavy atom. The van der Waals surface area contributed by atoms with E-state index < -0.39 is 6.36 Å². The number of aryl methyl sites for hydroxylation is 1. The van der Waals surface area contributed by atoms with Crippen molar-refractivity contribution in [3.05, 3.63) is 42.0 Å². The van der Waals surface area contributed by atoms with Crippen LogP contribution in [-0.4, -0.2) is 6.36 Å². The molecule has 0 aliphatic rings. The number of ether oxygens (including phenoxy) is 1. The smallest absolute Gasteiger partial charge is 0.406 e. The first-order valence-electron chi connectivity index (χ1n) is 7.31. The van der Waals surface area contributed by atoms with Crippen molar-refractivity contribution in [3.63, 3.8) is 0 Å². The van der Waals surface area contributed by atoms with Gasteiger partial charge in [-0.1, -0.05) is 32.4 Å². The second kappa shape index (κ2) is 7.53. The van der Waals surface area contributed by atoms with E-state index in [-0.39, 0.29) is 11.7 Å². The summed E-state index contributed by atoms with van der Waals surface area (Å²) < 4.78 is 40.7. The Hall–Kier alpha value is -1.45. The first kappa shape index (κ1) is 17.6. The SMILES string of the molecule is C=CC(CCC)C(CC)c1ccc(OC(F)(F)F)cc1C. The van der Waals surface area contributed by atoms with Crippen LogP contribution in [0.25, 0.3) is 0 Å². The highest BCUT2D eigenvalue weighted by molar-refractivity contribution is 5.37. The van der Waals surface area contributed by atoms with Crippen molar-refractivity contribution >= 4 is 0 Å². The zero-order valence-corrected chi connectivity index (χ0v) is 12.8. The quantitative estimate of drug-likeness (QED) is 0.562. The lowest BCUT2D eigenvalue weighted by Crippen LogP contribution is -2.17. The third-order valence-electron chi connectivity index (χ3n) is 3.76. The van der Waals surface area contributed by atoms with Crippen molar-refractivity contribution in [2.45, 2.75) is 52.3 Å². The Balaban J connectivity index is 3.03. The summed E-state index contributed by atoms with van der Waals surface area (Å²) in [5.41, 5.74) is 1.90. The van der Waals surface area contributed by atoms with Gasteiger partial charge in [0.1, 0.15) is 5.75 Å². The van der Waals surface area contributed by atoms with Crippen molar-refractivity contribution < 1.29 is 17.9 Å². The van der Waals surface area contributed by atoms with E-state index in [4.69, 9.17) is 0 Å². The van der Waals surface area contributed by atoms with Crippen LogP contribution in [0.2, 0.25) is 0 Å². The third-order valence-corrected chi connectivity index (χ3v) is 3.76. The molecule has 0 aromatic heterocycles. The fourth-order valence-corrected chi connectivity index (χ4v) is 2.83. The van der Waals surface area contributed by atoms with Gasteiger partial charge in [-0.15, -0.1) is 19.8 Å². The topological polar surface area (TPSA) is 9.23 Å². The van der Waals surface area contributed by atoms with Crippen molar-refractivity contribution in [1.82, 2.24) is 0 Å². The highest BCUT2D eigenvalue weighted by Crippen LogP contribution is 2.35. The molecule has 1 aromatic rings. The average molecular weight is 300 g/mol. The molecule has 1 aromatic carbocycles. The second-order valence-corrected chi connectivity index (χ2v) is 5.27. The molecular formula is C17H23F3O.